The molecule has 1 heterocycles. The molecular formula is C17H19NO2. The van der Waals surface area contributed by atoms with Gasteiger partial charge in [0.25, 0.3) is 0 Å². The SMILES string of the molecule is Cc1cc(C)c(CNc2ccc3c(c2)OCO3)cc1C. The van der Waals surface area contributed by atoms with Crippen LogP contribution in [0.15, 0.2) is 30.3 Å². The molecule has 0 radical (unpaired) electrons. The molecule has 0 aromatic heterocycles. The maximum Gasteiger partial charge on any atom is 0.231 e. The highest BCUT2D eigenvalue weighted by molar-refractivity contribution is 5.56. The van der Waals surface area contributed by atoms with Gasteiger partial charge < -0.3 is 14.8 Å². The fourth-order valence-corrected chi connectivity index (χ4v) is 2.41. The van der Waals surface area contributed by atoms with Crippen molar-refractivity contribution in [2.45, 2.75) is 27.3 Å². The van der Waals surface area contributed by atoms with Gasteiger partial charge in [-0.15, -0.1) is 0 Å². The van der Waals surface area contributed by atoms with Crippen LogP contribution >= 0.6 is 0 Å². The molecule has 0 aliphatic carbocycles. The first-order valence-electron chi connectivity index (χ1n) is 6.84. The lowest BCUT2D eigenvalue weighted by molar-refractivity contribution is 0.174. The minimum absolute atomic E-state index is 0.315. The van der Waals surface area contributed by atoms with Crippen LogP contribution in [0, 0.1) is 20.8 Å². The Morgan fingerprint density at radius 2 is 1.65 bits per heavy atom. The lowest BCUT2D eigenvalue weighted by Crippen LogP contribution is -2.02. The second kappa shape index (κ2) is 5.08. The first-order valence-corrected chi connectivity index (χ1v) is 6.84. The number of fused-ring (bicyclic) bond motifs is 1. The third-order valence-corrected chi connectivity index (χ3v) is 3.81. The summed E-state index contributed by atoms with van der Waals surface area (Å²) in [6, 6.07) is 10.4. The fourth-order valence-electron chi connectivity index (χ4n) is 2.41. The van der Waals surface area contributed by atoms with Crippen LogP contribution in [-0.2, 0) is 6.54 Å². The molecule has 0 unspecified atom stereocenters. The van der Waals surface area contributed by atoms with Gasteiger partial charge in [-0.05, 0) is 55.2 Å². The number of hydrogen-bond donors (Lipinski definition) is 1. The predicted octanol–water partition coefficient (Wildman–Crippen LogP) is 3.95. The Kier molecular flexibility index (Phi) is 3.26. The second-order valence-corrected chi connectivity index (χ2v) is 5.28. The van der Waals surface area contributed by atoms with Crippen molar-refractivity contribution in [1.29, 1.82) is 0 Å². The van der Waals surface area contributed by atoms with Crippen LogP contribution < -0.4 is 14.8 Å². The smallest absolute Gasteiger partial charge is 0.231 e. The Bertz CT molecular complexity index is 650. The van der Waals surface area contributed by atoms with Crippen LogP contribution in [0.3, 0.4) is 0 Å². The van der Waals surface area contributed by atoms with Gasteiger partial charge in [-0.1, -0.05) is 12.1 Å². The van der Waals surface area contributed by atoms with Crippen molar-refractivity contribution in [3.05, 3.63) is 52.6 Å². The average molecular weight is 269 g/mol. The summed E-state index contributed by atoms with van der Waals surface area (Å²) in [6.07, 6.45) is 0. The van der Waals surface area contributed by atoms with Crippen LogP contribution in [-0.4, -0.2) is 6.79 Å². The summed E-state index contributed by atoms with van der Waals surface area (Å²) in [6.45, 7) is 7.58. The van der Waals surface area contributed by atoms with Crippen molar-refractivity contribution < 1.29 is 9.47 Å². The standard InChI is InChI=1S/C17H19NO2/c1-11-6-13(3)14(7-12(11)2)9-18-15-4-5-16-17(8-15)20-10-19-16/h4-8,18H,9-10H2,1-3H3. The van der Waals surface area contributed by atoms with E-state index in [1.807, 2.05) is 18.2 Å². The molecule has 2 aromatic carbocycles. The van der Waals surface area contributed by atoms with Gasteiger partial charge in [-0.2, -0.15) is 0 Å². The Balaban J connectivity index is 1.75. The molecule has 0 saturated heterocycles. The monoisotopic (exact) mass is 269 g/mol. The summed E-state index contributed by atoms with van der Waals surface area (Å²) in [7, 11) is 0. The molecule has 20 heavy (non-hydrogen) atoms. The molecule has 0 saturated carbocycles. The van der Waals surface area contributed by atoms with Crippen molar-refractivity contribution in [2.75, 3.05) is 12.1 Å². The molecule has 2 aromatic rings. The Hall–Kier alpha value is -2.16. The van der Waals surface area contributed by atoms with E-state index in [4.69, 9.17) is 9.47 Å². The number of benzene rings is 2. The molecule has 0 atom stereocenters. The van der Waals surface area contributed by atoms with Crippen molar-refractivity contribution in [2.24, 2.45) is 0 Å². The molecule has 3 rings (SSSR count). The van der Waals surface area contributed by atoms with E-state index in [2.05, 4.69) is 38.2 Å². The highest BCUT2D eigenvalue weighted by Crippen LogP contribution is 2.34. The third kappa shape index (κ3) is 2.44. The largest absolute Gasteiger partial charge is 0.454 e. The number of anilines is 1. The highest BCUT2D eigenvalue weighted by atomic mass is 16.7. The van der Waals surface area contributed by atoms with Crippen molar-refractivity contribution in [3.8, 4) is 11.5 Å². The molecule has 0 fully saturated rings. The number of nitrogens with one attached hydrogen (secondary N) is 1. The number of ether oxygens (including phenoxy) is 2. The maximum atomic E-state index is 5.39. The summed E-state index contributed by atoms with van der Waals surface area (Å²) < 4.78 is 10.7. The fraction of sp³-hybridized carbons (Fsp3) is 0.294. The average Bonchev–Trinajstić information content (AvgIpc) is 2.89. The quantitative estimate of drug-likeness (QED) is 0.915. The normalized spacial score (nSPS) is 12.6. The van der Waals surface area contributed by atoms with Crippen LogP contribution in [0.5, 0.6) is 11.5 Å². The van der Waals surface area contributed by atoms with Gasteiger partial charge in [-0.3, -0.25) is 0 Å². The maximum absolute atomic E-state index is 5.39. The van der Waals surface area contributed by atoms with Crippen LogP contribution in [0.25, 0.3) is 0 Å². The van der Waals surface area contributed by atoms with Gasteiger partial charge in [-0.25, -0.2) is 0 Å². The van der Waals surface area contributed by atoms with Crippen LogP contribution in [0.1, 0.15) is 22.3 Å². The lowest BCUT2D eigenvalue weighted by Gasteiger charge is -2.12. The first kappa shape index (κ1) is 12.9. The topological polar surface area (TPSA) is 30.5 Å². The Morgan fingerprint density at radius 1 is 0.900 bits per heavy atom. The molecule has 1 N–H and O–H groups in total. The summed E-state index contributed by atoms with van der Waals surface area (Å²) >= 11 is 0. The second-order valence-electron chi connectivity index (χ2n) is 5.28. The molecule has 104 valence electrons. The number of hydrogen-bond acceptors (Lipinski definition) is 3. The summed E-state index contributed by atoms with van der Waals surface area (Å²) in [5.74, 6) is 1.63. The van der Waals surface area contributed by atoms with E-state index >= 15 is 0 Å². The summed E-state index contributed by atoms with van der Waals surface area (Å²) in [5.41, 5.74) is 6.37. The van der Waals surface area contributed by atoms with E-state index in [1.54, 1.807) is 0 Å². The zero-order chi connectivity index (χ0) is 14.1. The highest BCUT2D eigenvalue weighted by Gasteiger charge is 2.13. The minimum atomic E-state index is 0.315. The molecular weight excluding hydrogens is 250 g/mol. The van der Waals surface area contributed by atoms with Crippen molar-refractivity contribution in [1.82, 2.24) is 0 Å². The molecule has 1 aliphatic heterocycles. The molecule has 3 heteroatoms. The predicted molar refractivity (Wildman–Crippen MR) is 80.5 cm³/mol. The minimum Gasteiger partial charge on any atom is -0.454 e. The molecule has 1 aliphatic rings. The van der Waals surface area contributed by atoms with E-state index in [-0.39, 0.29) is 0 Å². The number of rotatable bonds is 3. The van der Waals surface area contributed by atoms with Gasteiger partial charge in [0, 0.05) is 18.3 Å². The van der Waals surface area contributed by atoms with Gasteiger partial charge >= 0.3 is 0 Å². The lowest BCUT2D eigenvalue weighted by atomic mass is 10.0. The number of aryl methyl sites for hydroxylation is 3. The molecule has 3 nitrogen and oxygen atoms in total. The Morgan fingerprint density at radius 3 is 2.50 bits per heavy atom. The van der Waals surface area contributed by atoms with Crippen LogP contribution in [0.4, 0.5) is 5.69 Å². The van der Waals surface area contributed by atoms with Crippen molar-refractivity contribution in [3.63, 3.8) is 0 Å². The van der Waals surface area contributed by atoms with E-state index in [9.17, 15) is 0 Å². The van der Waals surface area contributed by atoms with E-state index in [0.29, 0.717) is 6.79 Å². The van der Waals surface area contributed by atoms with E-state index in [1.165, 1.54) is 22.3 Å². The summed E-state index contributed by atoms with van der Waals surface area (Å²) in [4.78, 5) is 0. The van der Waals surface area contributed by atoms with Gasteiger partial charge in [0.05, 0.1) is 0 Å². The summed E-state index contributed by atoms with van der Waals surface area (Å²) in [5, 5.41) is 3.44. The molecule has 0 spiro atoms. The van der Waals surface area contributed by atoms with Gasteiger partial charge in [0.1, 0.15) is 0 Å². The Labute approximate surface area is 119 Å². The van der Waals surface area contributed by atoms with Crippen LogP contribution in [0.2, 0.25) is 0 Å². The zero-order valence-electron chi connectivity index (χ0n) is 12.1. The van der Waals surface area contributed by atoms with Gasteiger partial charge in [0.15, 0.2) is 11.5 Å². The first-order chi connectivity index (χ1) is 9.63. The molecule has 0 bridgehead atoms. The zero-order valence-corrected chi connectivity index (χ0v) is 12.1. The van der Waals surface area contributed by atoms with E-state index < -0.39 is 0 Å². The molecule has 0 amide bonds. The van der Waals surface area contributed by atoms with Crippen molar-refractivity contribution >= 4 is 5.69 Å². The van der Waals surface area contributed by atoms with E-state index in [0.717, 1.165) is 23.7 Å². The van der Waals surface area contributed by atoms with Gasteiger partial charge in [0.2, 0.25) is 6.79 Å². The third-order valence-electron chi connectivity index (χ3n) is 3.81.